The third kappa shape index (κ3) is 2.72. The summed E-state index contributed by atoms with van der Waals surface area (Å²) in [6.45, 7) is 0.689. The van der Waals surface area contributed by atoms with Gasteiger partial charge < -0.3 is 9.64 Å². The van der Waals surface area contributed by atoms with E-state index in [4.69, 9.17) is 4.74 Å². The fourth-order valence-electron chi connectivity index (χ4n) is 2.57. The molecule has 0 spiro atoms. The Morgan fingerprint density at radius 3 is 2.59 bits per heavy atom. The minimum Gasteiger partial charge on any atom is -0.496 e. The predicted octanol–water partition coefficient (Wildman–Crippen LogP) is 3.79. The Labute approximate surface area is 128 Å². The number of rotatable bonds is 3. The molecular formula is C18H16FNO2. The Morgan fingerprint density at radius 1 is 1.14 bits per heavy atom. The Balaban J connectivity index is 1.92. The quantitative estimate of drug-likeness (QED) is 0.862. The fraction of sp³-hybridized carbons (Fsp3) is 0.167. The van der Waals surface area contributed by atoms with Crippen LogP contribution < -0.4 is 9.64 Å². The maximum atomic E-state index is 13.3. The molecule has 1 aliphatic rings. The van der Waals surface area contributed by atoms with Crippen molar-refractivity contribution < 1.29 is 13.9 Å². The first-order valence-electron chi connectivity index (χ1n) is 7.11. The molecule has 22 heavy (non-hydrogen) atoms. The number of anilines is 1. The second kappa shape index (κ2) is 6.02. The Kier molecular flexibility index (Phi) is 3.92. The van der Waals surface area contributed by atoms with E-state index in [1.54, 1.807) is 17.0 Å². The summed E-state index contributed by atoms with van der Waals surface area (Å²) in [5.41, 5.74) is 2.60. The Hall–Kier alpha value is -2.62. The van der Waals surface area contributed by atoms with E-state index in [0.717, 1.165) is 23.2 Å². The first kappa shape index (κ1) is 14.3. The highest BCUT2D eigenvalue weighted by molar-refractivity contribution is 6.02. The zero-order chi connectivity index (χ0) is 15.5. The van der Waals surface area contributed by atoms with Crippen molar-refractivity contribution in [3.8, 4) is 16.9 Å². The number of halogens is 1. The highest BCUT2D eigenvalue weighted by atomic mass is 19.1. The van der Waals surface area contributed by atoms with E-state index in [9.17, 15) is 9.18 Å². The molecule has 0 atom stereocenters. The zero-order valence-electron chi connectivity index (χ0n) is 12.3. The minimum absolute atomic E-state index is 0.00152. The molecule has 2 aromatic rings. The lowest BCUT2D eigenvalue weighted by Crippen LogP contribution is -2.32. The predicted molar refractivity (Wildman–Crippen MR) is 84.5 cm³/mol. The molecule has 3 rings (SSSR count). The van der Waals surface area contributed by atoms with Crippen molar-refractivity contribution in [2.75, 3.05) is 18.6 Å². The van der Waals surface area contributed by atoms with Crippen molar-refractivity contribution in [2.24, 2.45) is 0 Å². The van der Waals surface area contributed by atoms with Gasteiger partial charge in [-0.25, -0.2) is 4.39 Å². The second-order valence-corrected chi connectivity index (χ2v) is 5.07. The minimum atomic E-state index is -0.331. The van der Waals surface area contributed by atoms with Crippen molar-refractivity contribution in [1.82, 2.24) is 0 Å². The van der Waals surface area contributed by atoms with E-state index in [1.807, 2.05) is 30.3 Å². The van der Waals surface area contributed by atoms with E-state index in [2.05, 4.69) is 0 Å². The van der Waals surface area contributed by atoms with Gasteiger partial charge in [-0.15, -0.1) is 0 Å². The first-order chi connectivity index (χ1) is 10.7. The molecule has 0 aliphatic carbocycles. The van der Waals surface area contributed by atoms with Crippen LogP contribution in [0.25, 0.3) is 11.1 Å². The summed E-state index contributed by atoms with van der Waals surface area (Å²) < 4.78 is 18.5. The number of carbonyl (C=O) groups excluding carboxylic acids is 1. The topological polar surface area (TPSA) is 29.5 Å². The number of carbonyl (C=O) groups is 1. The SMILES string of the molecule is COc1cc(F)ccc1-c1ccc(N2CCC=CC2=O)cc1. The summed E-state index contributed by atoms with van der Waals surface area (Å²) in [4.78, 5) is 13.6. The summed E-state index contributed by atoms with van der Waals surface area (Å²) in [7, 11) is 1.52. The Morgan fingerprint density at radius 2 is 1.91 bits per heavy atom. The maximum Gasteiger partial charge on any atom is 0.250 e. The van der Waals surface area contributed by atoms with Gasteiger partial charge in [0.1, 0.15) is 11.6 Å². The van der Waals surface area contributed by atoms with Gasteiger partial charge in [0.15, 0.2) is 0 Å². The molecule has 0 fully saturated rings. The van der Waals surface area contributed by atoms with Crippen LogP contribution in [0.3, 0.4) is 0 Å². The van der Waals surface area contributed by atoms with Crippen LogP contribution in [0.15, 0.2) is 54.6 Å². The molecule has 112 valence electrons. The van der Waals surface area contributed by atoms with Crippen LogP contribution in [0.1, 0.15) is 6.42 Å². The van der Waals surface area contributed by atoms with Crippen molar-refractivity contribution in [3.05, 3.63) is 60.4 Å². The number of benzene rings is 2. The van der Waals surface area contributed by atoms with Gasteiger partial charge in [0, 0.05) is 23.9 Å². The van der Waals surface area contributed by atoms with Crippen molar-refractivity contribution in [2.45, 2.75) is 6.42 Å². The van der Waals surface area contributed by atoms with Crippen molar-refractivity contribution in [3.63, 3.8) is 0 Å². The monoisotopic (exact) mass is 297 g/mol. The molecule has 1 aliphatic heterocycles. The van der Waals surface area contributed by atoms with Gasteiger partial charge in [0.05, 0.1) is 7.11 Å². The highest BCUT2D eigenvalue weighted by Crippen LogP contribution is 2.32. The molecule has 0 radical (unpaired) electrons. The molecule has 3 nitrogen and oxygen atoms in total. The molecule has 0 N–H and O–H groups in total. The average molecular weight is 297 g/mol. The second-order valence-electron chi connectivity index (χ2n) is 5.07. The lowest BCUT2D eigenvalue weighted by molar-refractivity contribution is -0.114. The molecule has 0 unspecified atom stereocenters. The fourth-order valence-corrected chi connectivity index (χ4v) is 2.57. The van der Waals surface area contributed by atoms with E-state index < -0.39 is 0 Å². The van der Waals surface area contributed by atoms with E-state index in [1.165, 1.54) is 19.2 Å². The van der Waals surface area contributed by atoms with Gasteiger partial charge in [-0.1, -0.05) is 18.2 Å². The van der Waals surface area contributed by atoms with Crippen LogP contribution in [0, 0.1) is 5.82 Å². The van der Waals surface area contributed by atoms with E-state index >= 15 is 0 Å². The molecular weight excluding hydrogens is 281 g/mol. The van der Waals surface area contributed by atoms with Crippen LogP contribution in [0.5, 0.6) is 5.75 Å². The summed E-state index contributed by atoms with van der Waals surface area (Å²) in [6, 6.07) is 12.1. The summed E-state index contributed by atoms with van der Waals surface area (Å²) in [5, 5.41) is 0. The molecule has 0 bridgehead atoms. The highest BCUT2D eigenvalue weighted by Gasteiger charge is 2.16. The first-order valence-corrected chi connectivity index (χ1v) is 7.11. The third-order valence-electron chi connectivity index (χ3n) is 3.70. The van der Waals surface area contributed by atoms with Gasteiger partial charge in [-0.3, -0.25) is 4.79 Å². The van der Waals surface area contributed by atoms with Crippen molar-refractivity contribution in [1.29, 1.82) is 0 Å². The molecule has 1 amide bonds. The van der Waals surface area contributed by atoms with Crippen LogP contribution in [-0.2, 0) is 4.79 Å². The van der Waals surface area contributed by atoms with Crippen molar-refractivity contribution >= 4 is 11.6 Å². The number of ether oxygens (including phenoxy) is 1. The largest absolute Gasteiger partial charge is 0.496 e. The number of amides is 1. The van der Waals surface area contributed by atoms with Gasteiger partial charge in [0.25, 0.3) is 5.91 Å². The van der Waals surface area contributed by atoms with Gasteiger partial charge in [-0.05, 0) is 42.3 Å². The number of hydrogen-bond acceptors (Lipinski definition) is 2. The van der Waals surface area contributed by atoms with Gasteiger partial charge in [0.2, 0.25) is 0 Å². The van der Waals surface area contributed by atoms with E-state index in [-0.39, 0.29) is 11.7 Å². The molecule has 0 saturated carbocycles. The summed E-state index contributed by atoms with van der Waals surface area (Å²) >= 11 is 0. The number of hydrogen-bond donors (Lipinski definition) is 0. The van der Waals surface area contributed by atoms with Gasteiger partial charge in [-0.2, -0.15) is 0 Å². The van der Waals surface area contributed by atoms with Crippen LogP contribution >= 0.6 is 0 Å². The van der Waals surface area contributed by atoms with Crippen LogP contribution in [0.4, 0.5) is 10.1 Å². The zero-order valence-corrected chi connectivity index (χ0v) is 12.3. The van der Waals surface area contributed by atoms with Crippen LogP contribution in [-0.4, -0.2) is 19.6 Å². The number of methoxy groups -OCH3 is 1. The van der Waals surface area contributed by atoms with Gasteiger partial charge >= 0.3 is 0 Å². The molecule has 0 saturated heterocycles. The van der Waals surface area contributed by atoms with E-state index in [0.29, 0.717) is 12.3 Å². The standard InChI is InChI=1S/C18H16FNO2/c1-22-17-12-14(19)7-10-16(17)13-5-8-15(9-6-13)20-11-3-2-4-18(20)21/h2,4-10,12H,3,11H2,1H3. The summed E-state index contributed by atoms with van der Waals surface area (Å²) in [6.07, 6.45) is 4.34. The molecule has 0 aromatic heterocycles. The summed E-state index contributed by atoms with van der Waals surface area (Å²) in [5.74, 6) is 0.158. The Bertz CT molecular complexity index is 722. The third-order valence-corrected chi connectivity index (χ3v) is 3.70. The molecule has 1 heterocycles. The smallest absolute Gasteiger partial charge is 0.250 e. The average Bonchev–Trinajstić information content (AvgIpc) is 2.55. The molecule has 2 aromatic carbocycles. The normalized spacial score (nSPS) is 14.3. The maximum absolute atomic E-state index is 13.3. The molecule has 4 heteroatoms. The lowest BCUT2D eigenvalue weighted by Gasteiger charge is -2.23. The van der Waals surface area contributed by atoms with Crippen LogP contribution in [0.2, 0.25) is 0 Å². The lowest BCUT2D eigenvalue weighted by atomic mass is 10.0. The number of nitrogens with zero attached hydrogens (tertiary/aromatic N) is 1.